The summed E-state index contributed by atoms with van der Waals surface area (Å²) in [6, 6.07) is 12.7. The number of nitrogens with zero attached hydrogens (tertiary/aromatic N) is 2. The molecule has 0 spiro atoms. The van der Waals surface area contributed by atoms with Gasteiger partial charge in [0.05, 0.1) is 10.5 Å². The summed E-state index contributed by atoms with van der Waals surface area (Å²) < 4.78 is 0.826. The van der Waals surface area contributed by atoms with Crippen molar-refractivity contribution in [2.45, 2.75) is 19.5 Å². The number of rotatable bonds is 4. The second kappa shape index (κ2) is 9.06. The summed E-state index contributed by atoms with van der Waals surface area (Å²) in [6.07, 6.45) is 1.47. The summed E-state index contributed by atoms with van der Waals surface area (Å²) in [5, 5.41) is 16.5. The third kappa shape index (κ3) is 4.64. The van der Waals surface area contributed by atoms with Gasteiger partial charge >= 0.3 is 0 Å². The summed E-state index contributed by atoms with van der Waals surface area (Å²) in [7, 11) is 0. The molecule has 0 aliphatic heterocycles. The molecular weight excluding hydrogens is 383 g/mol. The molecule has 3 aromatic rings. The van der Waals surface area contributed by atoms with Crippen LogP contribution < -0.4 is 15.8 Å². The SMILES string of the molecule is C[C@H](N)c1cc2cccc(Cl)c2nc1NCc1cccc[n+]1[O-].Cl.Cl. The van der Waals surface area contributed by atoms with Crippen molar-refractivity contribution < 1.29 is 4.73 Å². The van der Waals surface area contributed by atoms with Gasteiger partial charge in [0.1, 0.15) is 12.4 Å². The fraction of sp³-hybridized carbons (Fsp3) is 0.176. The van der Waals surface area contributed by atoms with Gasteiger partial charge in [0.25, 0.3) is 0 Å². The molecule has 1 atom stereocenters. The van der Waals surface area contributed by atoms with Gasteiger partial charge in [-0.25, -0.2) is 4.98 Å². The quantitative estimate of drug-likeness (QED) is 0.512. The number of nitrogens with two attached hydrogens (primary N) is 1. The van der Waals surface area contributed by atoms with Crippen LogP contribution in [0.25, 0.3) is 10.9 Å². The molecule has 0 saturated carbocycles. The highest BCUT2D eigenvalue weighted by Gasteiger charge is 2.13. The third-order valence-corrected chi connectivity index (χ3v) is 3.96. The van der Waals surface area contributed by atoms with E-state index in [0.29, 0.717) is 28.6 Å². The van der Waals surface area contributed by atoms with Crippen molar-refractivity contribution in [2.24, 2.45) is 5.73 Å². The average Bonchev–Trinajstić information content (AvgIpc) is 2.54. The van der Waals surface area contributed by atoms with E-state index in [1.54, 1.807) is 18.2 Å². The highest BCUT2D eigenvalue weighted by molar-refractivity contribution is 6.35. The fourth-order valence-electron chi connectivity index (χ4n) is 2.44. The first-order valence-corrected chi connectivity index (χ1v) is 7.70. The van der Waals surface area contributed by atoms with Gasteiger partial charge in [-0.1, -0.05) is 23.7 Å². The minimum absolute atomic E-state index is 0. The summed E-state index contributed by atoms with van der Waals surface area (Å²) in [4.78, 5) is 4.61. The van der Waals surface area contributed by atoms with Crippen LogP contribution in [0.3, 0.4) is 0 Å². The molecule has 0 unspecified atom stereocenters. The third-order valence-electron chi connectivity index (χ3n) is 3.66. The average molecular weight is 402 g/mol. The van der Waals surface area contributed by atoms with Gasteiger partial charge in [-0.15, -0.1) is 24.8 Å². The normalized spacial score (nSPS) is 11.3. The summed E-state index contributed by atoms with van der Waals surface area (Å²) >= 11 is 6.23. The standard InChI is InChI=1S/C17H17ClN4O.2ClH/c1-11(19)14-9-12-5-4-7-15(18)16(12)21-17(14)20-10-13-6-2-3-8-22(13)23;;/h2-9,11H,10,19H2,1H3,(H,20,21);2*1H/t11-;;/m0../s1. The number of fused-ring (bicyclic) bond motifs is 1. The first kappa shape index (κ1) is 21.3. The van der Waals surface area contributed by atoms with Crippen molar-refractivity contribution >= 4 is 53.1 Å². The molecule has 0 amide bonds. The second-order valence-electron chi connectivity index (χ2n) is 5.40. The maximum atomic E-state index is 11.7. The highest BCUT2D eigenvalue weighted by Crippen LogP contribution is 2.28. The summed E-state index contributed by atoms with van der Waals surface area (Å²) in [5.41, 5.74) is 8.26. The number of aromatic nitrogens is 2. The van der Waals surface area contributed by atoms with Gasteiger partial charge in [-0.3, -0.25) is 0 Å². The van der Waals surface area contributed by atoms with Gasteiger partial charge in [0.2, 0.25) is 5.69 Å². The van der Waals surface area contributed by atoms with Crippen molar-refractivity contribution in [3.63, 3.8) is 0 Å². The first-order valence-electron chi connectivity index (χ1n) is 7.32. The van der Waals surface area contributed by atoms with Crippen molar-refractivity contribution in [3.8, 4) is 0 Å². The number of para-hydroxylation sites is 1. The predicted octanol–water partition coefficient (Wildman–Crippen LogP) is 4.00. The molecule has 3 rings (SSSR count). The van der Waals surface area contributed by atoms with Crippen LogP contribution in [0.1, 0.15) is 24.2 Å². The van der Waals surface area contributed by atoms with Gasteiger partial charge in [-0.2, -0.15) is 4.73 Å². The lowest BCUT2D eigenvalue weighted by molar-refractivity contribution is -0.613. The maximum Gasteiger partial charge on any atom is 0.211 e. The topological polar surface area (TPSA) is 77.9 Å². The zero-order valence-corrected chi connectivity index (χ0v) is 15.9. The van der Waals surface area contributed by atoms with E-state index in [1.807, 2.05) is 31.2 Å². The smallest absolute Gasteiger partial charge is 0.211 e. The fourth-order valence-corrected chi connectivity index (χ4v) is 2.67. The molecule has 3 N–H and O–H groups in total. The molecule has 2 heterocycles. The van der Waals surface area contributed by atoms with E-state index in [1.165, 1.54) is 6.20 Å². The van der Waals surface area contributed by atoms with E-state index in [0.717, 1.165) is 15.7 Å². The number of anilines is 1. The Balaban J connectivity index is 0.00000156. The lowest BCUT2D eigenvalue weighted by Crippen LogP contribution is -2.32. The molecule has 0 aliphatic carbocycles. The van der Waals surface area contributed by atoms with E-state index in [9.17, 15) is 5.21 Å². The van der Waals surface area contributed by atoms with Crippen molar-refractivity contribution in [1.29, 1.82) is 0 Å². The molecule has 0 saturated heterocycles. The molecule has 0 aliphatic rings. The lowest BCUT2D eigenvalue weighted by atomic mass is 10.1. The Labute approximate surface area is 163 Å². The van der Waals surface area contributed by atoms with Crippen molar-refractivity contribution in [2.75, 3.05) is 5.32 Å². The monoisotopic (exact) mass is 400 g/mol. The molecule has 1 aromatic carbocycles. The molecule has 2 aromatic heterocycles. The number of halogens is 3. The Kier molecular flexibility index (Phi) is 7.70. The Hall–Kier alpha value is -1.79. The molecule has 0 bridgehead atoms. The minimum Gasteiger partial charge on any atom is -0.618 e. The van der Waals surface area contributed by atoms with Gasteiger partial charge in [-0.05, 0) is 25.1 Å². The second-order valence-corrected chi connectivity index (χ2v) is 5.80. The summed E-state index contributed by atoms with van der Waals surface area (Å²) in [6.45, 7) is 2.25. The van der Waals surface area contributed by atoms with Crippen LogP contribution in [0, 0.1) is 5.21 Å². The molecule has 5 nitrogen and oxygen atoms in total. The molecule has 25 heavy (non-hydrogen) atoms. The Morgan fingerprint density at radius 1 is 1.24 bits per heavy atom. The Bertz CT molecular complexity index is 858. The van der Waals surface area contributed by atoms with Gasteiger partial charge in [0.15, 0.2) is 6.20 Å². The largest absolute Gasteiger partial charge is 0.618 e. The van der Waals surface area contributed by atoms with Crippen LogP contribution in [-0.2, 0) is 6.54 Å². The Morgan fingerprint density at radius 2 is 2.00 bits per heavy atom. The number of pyridine rings is 2. The van der Waals surface area contributed by atoms with E-state index >= 15 is 0 Å². The highest BCUT2D eigenvalue weighted by atomic mass is 35.5. The zero-order valence-electron chi connectivity index (χ0n) is 13.5. The molecule has 0 radical (unpaired) electrons. The number of benzene rings is 1. The van der Waals surface area contributed by atoms with Gasteiger partial charge in [0, 0.05) is 29.1 Å². The zero-order chi connectivity index (χ0) is 16.4. The molecule has 8 heteroatoms. The van der Waals surface area contributed by atoms with Gasteiger partial charge < -0.3 is 16.3 Å². The number of hydrogen-bond acceptors (Lipinski definition) is 4. The summed E-state index contributed by atoms with van der Waals surface area (Å²) in [5.74, 6) is 0.643. The van der Waals surface area contributed by atoms with Crippen molar-refractivity contribution in [1.82, 2.24) is 4.98 Å². The molecule has 134 valence electrons. The number of hydrogen-bond donors (Lipinski definition) is 2. The minimum atomic E-state index is -0.191. The number of nitrogens with one attached hydrogen (secondary N) is 1. The van der Waals surface area contributed by atoms with Crippen LogP contribution in [0.2, 0.25) is 5.02 Å². The molecular formula is C17H19Cl3N4O. The lowest BCUT2D eigenvalue weighted by Gasteiger charge is -2.15. The predicted molar refractivity (Wildman–Crippen MR) is 107 cm³/mol. The van der Waals surface area contributed by atoms with E-state index < -0.39 is 0 Å². The van der Waals surface area contributed by atoms with Crippen LogP contribution >= 0.6 is 36.4 Å². The molecule has 0 fully saturated rings. The van der Waals surface area contributed by atoms with Crippen LogP contribution in [0.15, 0.2) is 48.7 Å². The van der Waals surface area contributed by atoms with E-state index in [4.69, 9.17) is 17.3 Å². The maximum absolute atomic E-state index is 11.7. The van der Waals surface area contributed by atoms with Crippen LogP contribution in [0.4, 0.5) is 5.82 Å². The Morgan fingerprint density at radius 3 is 2.68 bits per heavy atom. The van der Waals surface area contributed by atoms with E-state index in [-0.39, 0.29) is 30.9 Å². The van der Waals surface area contributed by atoms with Crippen molar-refractivity contribution in [3.05, 3.63) is 70.1 Å². The first-order chi connectivity index (χ1) is 11.1. The van der Waals surface area contributed by atoms with Crippen LogP contribution in [-0.4, -0.2) is 4.98 Å². The van der Waals surface area contributed by atoms with E-state index in [2.05, 4.69) is 10.3 Å². The van der Waals surface area contributed by atoms with Crippen LogP contribution in [0.5, 0.6) is 0 Å².